The van der Waals surface area contributed by atoms with Crippen LogP contribution in [0, 0.1) is 11.3 Å². The monoisotopic (exact) mass is 446 g/mol. The molecule has 1 N–H and O–H groups in total. The molecule has 1 amide bonds. The van der Waals surface area contributed by atoms with Crippen molar-refractivity contribution in [2.75, 3.05) is 6.54 Å². The maximum atomic E-state index is 12.4. The lowest BCUT2D eigenvalue weighted by molar-refractivity contribution is -0.117. The molecule has 4 heteroatoms. The Morgan fingerprint density at radius 2 is 1.59 bits per heavy atom. The lowest BCUT2D eigenvalue weighted by Crippen LogP contribution is -2.25. The van der Waals surface area contributed by atoms with Crippen LogP contribution in [-0.4, -0.2) is 12.5 Å². The van der Waals surface area contributed by atoms with Crippen LogP contribution in [0.15, 0.2) is 103 Å². The number of nitrogens with one attached hydrogen (secondary N) is 1. The number of fused-ring (bicyclic) bond motifs is 1. The quantitative estimate of drug-likeness (QED) is 0.193. The van der Waals surface area contributed by atoms with Crippen molar-refractivity contribution >= 4 is 22.8 Å². The van der Waals surface area contributed by atoms with E-state index in [2.05, 4.69) is 47.8 Å². The fraction of sp³-hybridized carbons (Fsp3) is 0.133. The first-order chi connectivity index (χ1) is 16.7. The number of carbonyl (C=O) groups is 1. The van der Waals surface area contributed by atoms with Gasteiger partial charge in [0.25, 0.3) is 5.91 Å². The highest BCUT2D eigenvalue weighted by molar-refractivity contribution is 6.01. The maximum absolute atomic E-state index is 12.4. The minimum Gasteiger partial charge on any atom is -0.489 e. The number of nitriles is 1. The number of hydrogen-bond acceptors (Lipinski definition) is 3. The van der Waals surface area contributed by atoms with Gasteiger partial charge in [-0.05, 0) is 64.6 Å². The molecule has 0 fully saturated rings. The van der Waals surface area contributed by atoms with Gasteiger partial charge in [-0.2, -0.15) is 5.26 Å². The summed E-state index contributed by atoms with van der Waals surface area (Å²) < 4.78 is 5.91. The third-order valence-electron chi connectivity index (χ3n) is 5.55. The molecule has 0 atom stereocenters. The minimum absolute atomic E-state index is 0.0875. The second-order valence-corrected chi connectivity index (χ2v) is 8.05. The Kier molecular flexibility index (Phi) is 7.71. The Bertz CT molecular complexity index is 1320. The number of carbonyl (C=O) groups excluding carboxylic acids is 1. The molecular weight excluding hydrogens is 420 g/mol. The zero-order chi connectivity index (χ0) is 23.6. The number of ether oxygens (including phenoxy) is 1. The number of amides is 1. The van der Waals surface area contributed by atoms with Gasteiger partial charge in [0.15, 0.2) is 0 Å². The summed E-state index contributed by atoms with van der Waals surface area (Å²) in [4.78, 5) is 12.4. The van der Waals surface area contributed by atoms with Gasteiger partial charge in [-0.15, -0.1) is 0 Å². The second-order valence-electron chi connectivity index (χ2n) is 8.05. The topological polar surface area (TPSA) is 62.1 Å². The second kappa shape index (κ2) is 11.5. The van der Waals surface area contributed by atoms with E-state index in [1.165, 1.54) is 16.3 Å². The Hall–Kier alpha value is -4.36. The summed E-state index contributed by atoms with van der Waals surface area (Å²) in [6.07, 6.45) is 3.30. The van der Waals surface area contributed by atoms with Gasteiger partial charge in [-0.3, -0.25) is 4.79 Å². The normalized spacial score (nSPS) is 11.1. The number of benzene rings is 4. The van der Waals surface area contributed by atoms with Crippen LogP contribution >= 0.6 is 0 Å². The van der Waals surface area contributed by atoms with E-state index in [-0.39, 0.29) is 11.5 Å². The van der Waals surface area contributed by atoms with Crippen LogP contribution in [0.1, 0.15) is 23.1 Å². The molecule has 0 aliphatic heterocycles. The minimum atomic E-state index is -0.354. The molecule has 0 spiro atoms. The predicted molar refractivity (Wildman–Crippen MR) is 136 cm³/mol. The zero-order valence-electron chi connectivity index (χ0n) is 18.9. The van der Waals surface area contributed by atoms with Crippen molar-refractivity contribution in [1.82, 2.24) is 5.32 Å². The van der Waals surface area contributed by atoms with Crippen LogP contribution in [-0.2, 0) is 17.8 Å². The van der Waals surface area contributed by atoms with E-state index in [0.717, 1.165) is 29.7 Å². The van der Waals surface area contributed by atoms with E-state index < -0.39 is 0 Å². The third-order valence-corrected chi connectivity index (χ3v) is 5.55. The van der Waals surface area contributed by atoms with Gasteiger partial charge in [0, 0.05) is 6.54 Å². The van der Waals surface area contributed by atoms with E-state index in [9.17, 15) is 10.1 Å². The first kappa shape index (κ1) is 22.8. The summed E-state index contributed by atoms with van der Waals surface area (Å²) in [6, 6.07) is 34.0. The van der Waals surface area contributed by atoms with Gasteiger partial charge in [-0.1, -0.05) is 78.9 Å². The molecule has 0 aliphatic carbocycles. The number of hydrogen-bond donors (Lipinski definition) is 1. The molecule has 0 saturated carbocycles. The summed E-state index contributed by atoms with van der Waals surface area (Å²) in [5.41, 5.74) is 3.19. The molecule has 168 valence electrons. The fourth-order valence-corrected chi connectivity index (χ4v) is 3.71. The van der Waals surface area contributed by atoms with E-state index in [1.807, 2.05) is 60.7 Å². The fourth-order valence-electron chi connectivity index (χ4n) is 3.71. The molecule has 0 aliphatic rings. The average molecular weight is 447 g/mol. The Labute approximate surface area is 200 Å². The molecule has 4 aromatic rings. The van der Waals surface area contributed by atoms with Crippen molar-refractivity contribution in [1.29, 1.82) is 5.26 Å². The number of rotatable bonds is 9. The number of aryl methyl sites for hydroxylation is 1. The Morgan fingerprint density at radius 3 is 2.35 bits per heavy atom. The van der Waals surface area contributed by atoms with Crippen molar-refractivity contribution in [3.05, 3.63) is 119 Å². The highest BCUT2D eigenvalue weighted by Gasteiger charge is 2.08. The van der Waals surface area contributed by atoms with Gasteiger partial charge in [0.1, 0.15) is 24.0 Å². The van der Waals surface area contributed by atoms with Crippen LogP contribution in [0.5, 0.6) is 5.75 Å². The molecule has 4 rings (SSSR count). The van der Waals surface area contributed by atoms with E-state index in [4.69, 9.17) is 4.74 Å². The zero-order valence-corrected chi connectivity index (χ0v) is 18.9. The van der Waals surface area contributed by atoms with Gasteiger partial charge in [0.2, 0.25) is 0 Å². The van der Waals surface area contributed by atoms with Crippen LogP contribution in [0.3, 0.4) is 0 Å². The van der Waals surface area contributed by atoms with E-state index in [0.29, 0.717) is 13.2 Å². The van der Waals surface area contributed by atoms with Crippen molar-refractivity contribution < 1.29 is 9.53 Å². The van der Waals surface area contributed by atoms with Crippen molar-refractivity contribution in [2.45, 2.75) is 19.4 Å². The molecule has 34 heavy (non-hydrogen) atoms. The third kappa shape index (κ3) is 6.34. The predicted octanol–water partition coefficient (Wildman–Crippen LogP) is 6.07. The molecular formula is C30H26N2O2. The Morgan fingerprint density at radius 1 is 0.853 bits per heavy atom. The molecule has 0 aromatic heterocycles. The summed E-state index contributed by atoms with van der Waals surface area (Å²) >= 11 is 0. The summed E-state index contributed by atoms with van der Waals surface area (Å²) in [6.45, 7) is 0.989. The molecule has 4 aromatic carbocycles. The highest BCUT2D eigenvalue weighted by Crippen LogP contribution is 2.19. The first-order valence-electron chi connectivity index (χ1n) is 11.4. The van der Waals surface area contributed by atoms with Crippen LogP contribution in [0.4, 0.5) is 0 Å². The van der Waals surface area contributed by atoms with Crippen LogP contribution < -0.4 is 10.1 Å². The molecule has 0 bridgehead atoms. The summed E-state index contributed by atoms with van der Waals surface area (Å²) in [7, 11) is 0. The number of nitrogens with zero attached hydrogens (tertiary/aromatic N) is 1. The first-order valence-corrected chi connectivity index (χ1v) is 11.4. The lowest BCUT2D eigenvalue weighted by Gasteiger charge is -2.08. The van der Waals surface area contributed by atoms with Crippen LogP contribution in [0.25, 0.3) is 16.8 Å². The van der Waals surface area contributed by atoms with E-state index in [1.54, 1.807) is 6.08 Å². The van der Waals surface area contributed by atoms with Gasteiger partial charge in [0.05, 0.1) is 0 Å². The smallest absolute Gasteiger partial charge is 0.261 e. The largest absolute Gasteiger partial charge is 0.489 e. The SMILES string of the molecule is N#C/C(=C/c1ccc(OCc2ccc3ccccc3c2)cc1)C(=O)NCCCc1ccccc1. The van der Waals surface area contributed by atoms with Crippen molar-refractivity contribution in [3.8, 4) is 11.8 Å². The van der Waals surface area contributed by atoms with Crippen molar-refractivity contribution in [3.63, 3.8) is 0 Å². The summed E-state index contributed by atoms with van der Waals surface area (Å²) in [5.74, 6) is 0.376. The molecule has 0 radical (unpaired) electrons. The lowest BCUT2D eigenvalue weighted by atomic mass is 10.1. The maximum Gasteiger partial charge on any atom is 0.261 e. The van der Waals surface area contributed by atoms with Gasteiger partial charge < -0.3 is 10.1 Å². The van der Waals surface area contributed by atoms with Gasteiger partial charge >= 0.3 is 0 Å². The molecule has 0 unspecified atom stereocenters. The molecule has 4 nitrogen and oxygen atoms in total. The van der Waals surface area contributed by atoms with Gasteiger partial charge in [-0.25, -0.2) is 0 Å². The van der Waals surface area contributed by atoms with E-state index >= 15 is 0 Å². The molecule has 0 heterocycles. The van der Waals surface area contributed by atoms with Crippen molar-refractivity contribution in [2.24, 2.45) is 0 Å². The average Bonchev–Trinajstić information content (AvgIpc) is 2.89. The molecule has 0 saturated heterocycles. The standard InChI is InChI=1S/C30H26N2O2/c31-21-28(30(33)32-18-6-9-23-7-2-1-3-8-23)19-24-13-16-29(17-14-24)34-22-25-12-15-26-10-4-5-11-27(26)20-25/h1-5,7-8,10-17,19-20H,6,9,18,22H2,(H,32,33)/b28-19-. The highest BCUT2D eigenvalue weighted by atomic mass is 16.5. The van der Waals surface area contributed by atoms with Crippen LogP contribution in [0.2, 0.25) is 0 Å². The summed E-state index contributed by atoms with van der Waals surface area (Å²) in [5, 5.41) is 14.7. The Balaban J connectivity index is 1.29.